The second-order valence-corrected chi connectivity index (χ2v) is 6.60. The predicted molar refractivity (Wildman–Crippen MR) is 92.1 cm³/mol. The summed E-state index contributed by atoms with van der Waals surface area (Å²) in [6.45, 7) is 6.70. The standard InChI is InChI=1S/C20H28N/c1-15(2)16(3)13-19(17-11-12-17)14-20(21(4)5)18-9-7-6-8-10-18/h6-10,14,17H,11-13H2,1-5H3/q+1/b19-14-. The summed E-state index contributed by atoms with van der Waals surface area (Å²) < 4.78 is 2.23. The second kappa shape index (κ2) is 6.89. The Bertz CT molecular complexity index is 576. The maximum Gasteiger partial charge on any atom is 0.206 e. The molecule has 0 heterocycles. The van der Waals surface area contributed by atoms with Gasteiger partial charge < -0.3 is 0 Å². The summed E-state index contributed by atoms with van der Waals surface area (Å²) in [5.41, 5.74) is 7.18. The fourth-order valence-corrected chi connectivity index (χ4v) is 2.51. The van der Waals surface area contributed by atoms with E-state index in [0.29, 0.717) is 0 Å². The SMILES string of the molecule is CC(C)=C(C)C/C(=C/C(c1ccccc1)=[N+](C)C)C1CC1. The number of hydrogen-bond acceptors (Lipinski definition) is 0. The number of nitrogens with zero attached hydrogens (tertiary/aromatic N) is 1. The van der Waals surface area contributed by atoms with Crippen molar-refractivity contribution in [2.45, 2.75) is 40.0 Å². The molecular formula is C20H28N+. The molecule has 1 aromatic rings. The first-order valence-electron chi connectivity index (χ1n) is 7.92. The third-order valence-electron chi connectivity index (χ3n) is 4.30. The Morgan fingerprint density at radius 3 is 2.19 bits per heavy atom. The molecule has 1 aliphatic rings. The topological polar surface area (TPSA) is 3.01 Å². The first kappa shape index (κ1) is 15.8. The van der Waals surface area contributed by atoms with Crippen LogP contribution < -0.4 is 0 Å². The van der Waals surface area contributed by atoms with Gasteiger partial charge in [0.15, 0.2) is 0 Å². The van der Waals surface area contributed by atoms with Gasteiger partial charge in [0.1, 0.15) is 14.1 Å². The summed E-state index contributed by atoms with van der Waals surface area (Å²) in [5.74, 6) is 0.804. The van der Waals surface area contributed by atoms with Crippen molar-refractivity contribution in [1.82, 2.24) is 0 Å². The lowest BCUT2D eigenvalue weighted by Gasteiger charge is -2.09. The third-order valence-corrected chi connectivity index (χ3v) is 4.30. The van der Waals surface area contributed by atoms with E-state index in [2.05, 4.69) is 75.8 Å². The smallest absolute Gasteiger partial charge is 0.206 e. The summed E-state index contributed by atoms with van der Waals surface area (Å²) in [6, 6.07) is 10.7. The quantitative estimate of drug-likeness (QED) is 0.413. The van der Waals surface area contributed by atoms with Crippen molar-refractivity contribution < 1.29 is 4.58 Å². The summed E-state index contributed by atoms with van der Waals surface area (Å²) in [6.07, 6.45) is 6.27. The summed E-state index contributed by atoms with van der Waals surface area (Å²) in [4.78, 5) is 0. The average molecular weight is 282 g/mol. The Morgan fingerprint density at radius 2 is 1.71 bits per heavy atom. The van der Waals surface area contributed by atoms with Gasteiger partial charge in [-0.05, 0) is 58.1 Å². The first-order chi connectivity index (χ1) is 9.99. The van der Waals surface area contributed by atoms with Crippen LogP contribution in [-0.2, 0) is 0 Å². The van der Waals surface area contributed by atoms with Crippen LogP contribution in [0.25, 0.3) is 0 Å². The monoisotopic (exact) mass is 282 g/mol. The van der Waals surface area contributed by atoms with Crippen LogP contribution in [0.1, 0.15) is 45.6 Å². The van der Waals surface area contributed by atoms with Crippen molar-refractivity contribution in [3.05, 3.63) is 58.7 Å². The molecule has 21 heavy (non-hydrogen) atoms. The zero-order valence-electron chi connectivity index (χ0n) is 14.1. The summed E-state index contributed by atoms with van der Waals surface area (Å²) >= 11 is 0. The molecule has 1 nitrogen and oxygen atoms in total. The van der Waals surface area contributed by atoms with Gasteiger partial charge in [-0.3, -0.25) is 0 Å². The normalized spacial score (nSPS) is 14.8. The van der Waals surface area contributed by atoms with Crippen LogP contribution in [0.2, 0.25) is 0 Å². The van der Waals surface area contributed by atoms with E-state index in [1.54, 1.807) is 5.57 Å². The van der Waals surface area contributed by atoms with Crippen LogP contribution >= 0.6 is 0 Å². The molecule has 0 radical (unpaired) electrons. The highest BCUT2D eigenvalue weighted by molar-refractivity contribution is 6.05. The van der Waals surface area contributed by atoms with Crippen LogP contribution in [0.15, 0.2) is 53.1 Å². The van der Waals surface area contributed by atoms with Crippen LogP contribution in [-0.4, -0.2) is 24.4 Å². The number of hydrogen-bond donors (Lipinski definition) is 0. The Balaban J connectivity index is 2.36. The molecule has 112 valence electrons. The highest BCUT2D eigenvalue weighted by Gasteiger charge is 2.27. The molecular weight excluding hydrogens is 254 g/mol. The minimum Gasteiger partial charge on any atom is -0.235 e. The van der Waals surface area contributed by atoms with Crippen LogP contribution in [0.5, 0.6) is 0 Å². The van der Waals surface area contributed by atoms with Gasteiger partial charge in [0.2, 0.25) is 5.71 Å². The van der Waals surface area contributed by atoms with Gasteiger partial charge in [-0.25, -0.2) is 4.58 Å². The molecule has 0 aromatic heterocycles. The molecule has 1 saturated carbocycles. The average Bonchev–Trinajstić information content (AvgIpc) is 3.28. The van der Waals surface area contributed by atoms with Crippen LogP contribution in [0, 0.1) is 5.92 Å². The fraction of sp³-hybridized carbons (Fsp3) is 0.450. The largest absolute Gasteiger partial charge is 0.235 e. The summed E-state index contributed by atoms with van der Waals surface area (Å²) in [5, 5.41) is 0. The van der Waals surface area contributed by atoms with Crippen LogP contribution in [0.4, 0.5) is 0 Å². The van der Waals surface area contributed by atoms with Gasteiger partial charge in [0.05, 0.1) is 0 Å². The van der Waals surface area contributed by atoms with E-state index in [1.165, 1.54) is 35.3 Å². The lowest BCUT2D eigenvalue weighted by Crippen LogP contribution is -2.13. The van der Waals surface area contributed by atoms with E-state index in [9.17, 15) is 0 Å². The Labute approximate surface area is 129 Å². The Morgan fingerprint density at radius 1 is 1.10 bits per heavy atom. The number of allylic oxidation sites excluding steroid dienone is 4. The molecule has 0 bridgehead atoms. The fourth-order valence-electron chi connectivity index (χ4n) is 2.51. The highest BCUT2D eigenvalue weighted by Crippen LogP contribution is 2.39. The molecule has 0 spiro atoms. The van der Waals surface area contributed by atoms with Gasteiger partial charge in [-0.1, -0.05) is 34.9 Å². The maximum absolute atomic E-state index is 2.43. The highest BCUT2D eigenvalue weighted by atomic mass is 14.9. The molecule has 1 aromatic carbocycles. The zero-order chi connectivity index (χ0) is 15.4. The number of benzene rings is 1. The lowest BCUT2D eigenvalue weighted by molar-refractivity contribution is -0.463. The molecule has 1 aliphatic carbocycles. The molecule has 2 rings (SSSR count). The van der Waals surface area contributed by atoms with Gasteiger partial charge in [-0.15, -0.1) is 0 Å². The van der Waals surface area contributed by atoms with Crippen molar-refractivity contribution in [2.24, 2.45) is 5.92 Å². The van der Waals surface area contributed by atoms with Crippen molar-refractivity contribution >= 4 is 5.71 Å². The van der Waals surface area contributed by atoms with Gasteiger partial charge in [0, 0.05) is 11.6 Å². The predicted octanol–water partition coefficient (Wildman–Crippen LogP) is 4.83. The maximum atomic E-state index is 2.43. The van der Waals surface area contributed by atoms with Gasteiger partial charge >= 0.3 is 0 Å². The van der Waals surface area contributed by atoms with Crippen molar-refractivity contribution in [3.8, 4) is 0 Å². The molecule has 1 heteroatoms. The van der Waals surface area contributed by atoms with E-state index in [0.717, 1.165) is 12.3 Å². The molecule has 0 aliphatic heterocycles. The van der Waals surface area contributed by atoms with E-state index in [1.807, 2.05) is 0 Å². The third kappa shape index (κ3) is 4.42. The number of rotatable bonds is 5. The molecule has 0 amide bonds. The Kier molecular flexibility index (Phi) is 5.17. The minimum absolute atomic E-state index is 0.804. The van der Waals surface area contributed by atoms with E-state index >= 15 is 0 Å². The lowest BCUT2D eigenvalue weighted by atomic mass is 9.96. The molecule has 0 atom stereocenters. The van der Waals surface area contributed by atoms with E-state index in [4.69, 9.17) is 0 Å². The van der Waals surface area contributed by atoms with Crippen LogP contribution in [0.3, 0.4) is 0 Å². The van der Waals surface area contributed by atoms with Crippen molar-refractivity contribution in [2.75, 3.05) is 14.1 Å². The first-order valence-corrected chi connectivity index (χ1v) is 7.92. The molecule has 0 unspecified atom stereocenters. The summed E-state index contributed by atoms with van der Waals surface area (Å²) in [7, 11) is 4.27. The van der Waals surface area contributed by atoms with Gasteiger partial charge in [-0.2, -0.15) is 0 Å². The molecule has 1 fully saturated rings. The van der Waals surface area contributed by atoms with Gasteiger partial charge in [0.25, 0.3) is 0 Å². The second-order valence-electron chi connectivity index (χ2n) is 6.60. The van der Waals surface area contributed by atoms with E-state index < -0.39 is 0 Å². The Hall–Kier alpha value is -1.63. The zero-order valence-corrected chi connectivity index (χ0v) is 14.1. The molecule has 0 N–H and O–H groups in total. The minimum atomic E-state index is 0.804. The van der Waals surface area contributed by atoms with Crippen molar-refractivity contribution in [3.63, 3.8) is 0 Å². The molecule has 0 saturated heterocycles. The van der Waals surface area contributed by atoms with Crippen molar-refractivity contribution in [1.29, 1.82) is 0 Å². The van der Waals surface area contributed by atoms with E-state index in [-0.39, 0.29) is 0 Å².